The lowest BCUT2D eigenvalue weighted by atomic mass is 10.0. The smallest absolute Gasteiger partial charge is 0.272 e. The van der Waals surface area contributed by atoms with Gasteiger partial charge in [-0.1, -0.05) is 41.9 Å². The number of hydrogen-bond acceptors (Lipinski definition) is 7. The van der Waals surface area contributed by atoms with E-state index in [9.17, 15) is 13.2 Å². The molecule has 0 amide bonds. The minimum absolute atomic E-state index is 0.0987. The Morgan fingerprint density at radius 3 is 2.58 bits per heavy atom. The second-order valence-electron chi connectivity index (χ2n) is 8.62. The van der Waals surface area contributed by atoms with Gasteiger partial charge in [-0.3, -0.25) is 14.2 Å². The fourth-order valence-electron chi connectivity index (χ4n) is 3.95. The van der Waals surface area contributed by atoms with E-state index in [1.807, 2.05) is 55.4 Å². The first-order valence-electron chi connectivity index (χ1n) is 11.2. The van der Waals surface area contributed by atoms with Crippen molar-refractivity contribution in [3.63, 3.8) is 0 Å². The van der Waals surface area contributed by atoms with Gasteiger partial charge in [-0.05, 0) is 55.9 Å². The zero-order chi connectivity index (χ0) is 25.9. The van der Waals surface area contributed by atoms with E-state index in [1.54, 1.807) is 16.8 Å². The summed E-state index contributed by atoms with van der Waals surface area (Å²) in [5, 5.41) is 5.17. The van der Waals surface area contributed by atoms with Gasteiger partial charge < -0.3 is 9.64 Å². The van der Waals surface area contributed by atoms with E-state index in [2.05, 4.69) is 9.82 Å². The second-order valence-corrected chi connectivity index (χ2v) is 12.2. The van der Waals surface area contributed by atoms with Gasteiger partial charge in [0.15, 0.2) is 5.82 Å². The predicted octanol–water partition coefficient (Wildman–Crippen LogP) is 4.67. The van der Waals surface area contributed by atoms with Gasteiger partial charge in [-0.15, -0.1) is 11.3 Å². The Balaban J connectivity index is 1.63. The van der Waals surface area contributed by atoms with Gasteiger partial charge in [-0.2, -0.15) is 5.10 Å². The molecule has 0 aliphatic rings. The topological polar surface area (TPSA) is 93.5 Å². The first kappa shape index (κ1) is 26.2. The Morgan fingerprint density at radius 2 is 1.89 bits per heavy atom. The van der Waals surface area contributed by atoms with Crippen molar-refractivity contribution in [1.82, 2.24) is 14.7 Å². The summed E-state index contributed by atoms with van der Waals surface area (Å²) in [7, 11) is 1.41. The monoisotopic (exact) mass is 546 g/mol. The number of Topliss-reactive ketones (excluding diaryl/α,β-unsaturated/α-hetero) is 1. The number of fused-ring (bicyclic) bond motifs is 1. The van der Waals surface area contributed by atoms with Crippen LogP contribution in [0.5, 0.6) is 5.75 Å². The quantitative estimate of drug-likeness (QED) is 0.294. The average Bonchev–Trinajstić information content (AvgIpc) is 3.42. The lowest BCUT2D eigenvalue weighted by molar-refractivity contribution is -0.119. The van der Waals surface area contributed by atoms with E-state index < -0.39 is 10.0 Å². The van der Waals surface area contributed by atoms with E-state index >= 15 is 0 Å². The van der Waals surface area contributed by atoms with Crippen LogP contribution in [0.1, 0.15) is 17.5 Å². The average molecular weight is 547 g/mol. The van der Waals surface area contributed by atoms with Crippen molar-refractivity contribution in [3.8, 4) is 5.75 Å². The number of benzene rings is 2. The first-order chi connectivity index (χ1) is 17.2. The summed E-state index contributed by atoms with van der Waals surface area (Å²) in [6.45, 7) is 0.840. The van der Waals surface area contributed by atoms with Crippen LogP contribution in [0.4, 0.5) is 5.82 Å². The molecule has 2 heterocycles. The molecule has 2 aromatic heterocycles. The molecule has 11 heteroatoms. The van der Waals surface area contributed by atoms with E-state index in [0.717, 1.165) is 28.0 Å². The van der Waals surface area contributed by atoms with Crippen LogP contribution >= 0.6 is 22.9 Å². The van der Waals surface area contributed by atoms with Crippen molar-refractivity contribution in [2.45, 2.75) is 23.6 Å². The maximum Gasteiger partial charge on any atom is 0.272 e. The fourth-order valence-corrected chi connectivity index (χ4v) is 6.44. The molecule has 190 valence electrons. The fraction of sp³-hybridized carbons (Fsp3) is 0.280. The molecule has 0 bridgehead atoms. The minimum Gasteiger partial charge on any atom is -0.496 e. The second kappa shape index (κ2) is 11.0. The predicted molar refractivity (Wildman–Crippen MR) is 144 cm³/mol. The molecule has 8 nitrogen and oxygen atoms in total. The van der Waals surface area contributed by atoms with Crippen molar-refractivity contribution >= 4 is 55.5 Å². The number of likely N-dealkylation sites (N-methyl/N-ethyl adjacent to an activating group) is 1. The maximum atomic E-state index is 13.0. The molecule has 0 radical (unpaired) electrons. The number of anilines is 1. The van der Waals surface area contributed by atoms with Crippen molar-refractivity contribution in [1.29, 1.82) is 0 Å². The number of hydrogen-bond donors (Lipinski definition) is 1. The largest absolute Gasteiger partial charge is 0.496 e. The molecule has 0 saturated heterocycles. The van der Waals surface area contributed by atoms with Gasteiger partial charge in [0.05, 0.1) is 35.4 Å². The number of aromatic nitrogens is 2. The summed E-state index contributed by atoms with van der Waals surface area (Å²) in [6.07, 6.45) is 1.13. The van der Waals surface area contributed by atoms with Crippen LogP contribution < -0.4 is 9.46 Å². The Hall–Kier alpha value is -2.92. The van der Waals surface area contributed by atoms with Gasteiger partial charge in [0, 0.05) is 6.42 Å². The Labute approximate surface area is 219 Å². The third-order valence-corrected chi connectivity index (χ3v) is 8.57. The van der Waals surface area contributed by atoms with Crippen LogP contribution in [-0.4, -0.2) is 56.6 Å². The Kier molecular flexibility index (Phi) is 7.99. The number of carbonyl (C=O) groups excluding carboxylic acids is 1. The summed E-state index contributed by atoms with van der Waals surface area (Å²) in [5.41, 5.74) is 2.77. The molecular formula is C25H27ClN4O4S2. The normalized spacial score (nSPS) is 11.8. The van der Waals surface area contributed by atoms with Crippen LogP contribution in [0.25, 0.3) is 10.9 Å². The number of rotatable bonds is 11. The first-order valence-corrected chi connectivity index (χ1v) is 13.9. The maximum absolute atomic E-state index is 13.0. The molecule has 0 unspecified atom stereocenters. The molecule has 4 aromatic rings. The summed E-state index contributed by atoms with van der Waals surface area (Å²) < 4.78 is 36.3. The third kappa shape index (κ3) is 6.07. The van der Waals surface area contributed by atoms with Gasteiger partial charge in [-0.25, -0.2) is 8.42 Å². The zero-order valence-corrected chi connectivity index (χ0v) is 22.6. The third-order valence-electron chi connectivity index (χ3n) is 5.51. The highest BCUT2D eigenvalue weighted by Crippen LogP contribution is 2.35. The molecule has 2 aromatic carbocycles. The standard InChI is InChI=1S/C25H27ClN4O4S2/c1-29(2)16-19(31)11-10-17-6-4-7-18(14-17)15-30-20-8-5-9-21(34-3)24(20)25(27-30)28-36(32,33)23-13-12-22(26)35-23/h4-9,12-14H,10-11,15-16H2,1-3H3,(H,27,28). The highest BCUT2D eigenvalue weighted by Gasteiger charge is 2.23. The number of aryl methyl sites for hydroxylation is 1. The number of methoxy groups -OCH3 is 1. The lowest BCUT2D eigenvalue weighted by Gasteiger charge is -2.09. The SMILES string of the molecule is COc1cccc2c1c(NS(=O)(=O)c1ccc(Cl)s1)nn2Cc1cccc(CCC(=O)CN(C)C)c1. The summed E-state index contributed by atoms with van der Waals surface area (Å²) in [4.78, 5) is 14.0. The van der Waals surface area contributed by atoms with E-state index in [1.165, 1.54) is 13.2 Å². The molecule has 0 spiro atoms. The van der Waals surface area contributed by atoms with Crippen LogP contribution in [0, 0.1) is 0 Å². The molecule has 36 heavy (non-hydrogen) atoms. The Morgan fingerprint density at radius 1 is 1.14 bits per heavy atom. The van der Waals surface area contributed by atoms with Crippen LogP contribution in [0.15, 0.2) is 58.8 Å². The molecule has 0 atom stereocenters. The highest BCUT2D eigenvalue weighted by molar-refractivity contribution is 7.94. The molecule has 1 N–H and O–H groups in total. The van der Waals surface area contributed by atoms with Crippen LogP contribution in [0.3, 0.4) is 0 Å². The Bertz CT molecular complexity index is 1490. The van der Waals surface area contributed by atoms with Gasteiger partial charge in [0.25, 0.3) is 10.0 Å². The van der Waals surface area contributed by atoms with Gasteiger partial charge in [0.2, 0.25) is 0 Å². The highest BCUT2D eigenvalue weighted by atomic mass is 35.5. The van der Waals surface area contributed by atoms with Crippen molar-refractivity contribution in [3.05, 3.63) is 70.1 Å². The van der Waals surface area contributed by atoms with E-state index in [-0.39, 0.29) is 15.8 Å². The number of ketones is 1. The summed E-state index contributed by atoms with van der Waals surface area (Å²) in [5.74, 6) is 0.880. The lowest BCUT2D eigenvalue weighted by Crippen LogP contribution is -2.21. The number of thiophene rings is 1. The van der Waals surface area contributed by atoms with E-state index in [4.69, 9.17) is 16.3 Å². The van der Waals surface area contributed by atoms with Crippen molar-refractivity contribution < 1.29 is 17.9 Å². The van der Waals surface area contributed by atoms with Crippen LogP contribution in [-0.2, 0) is 27.8 Å². The minimum atomic E-state index is -3.88. The number of nitrogens with zero attached hydrogens (tertiary/aromatic N) is 3. The molecule has 0 aliphatic heterocycles. The number of carbonyl (C=O) groups is 1. The zero-order valence-electron chi connectivity index (χ0n) is 20.2. The number of halogens is 1. The van der Waals surface area contributed by atoms with Crippen LogP contribution in [0.2, 0.25) is 4.34 Å². The van der Waals surface area contributed by atoms with Crippen molar-refractivity contribution in [2.24, 2.45) is 0 Å². The molecular weight excluding hydrogens is 520 g/mol. The molecule has 4 rings (SSSR count). The molecule has 0 fully saturated rings. The molecule has 0 aliphatic carbocycles. The number of sulfonamides is 1. The molecule has 0 saturated carbocycles. The summed E-state index contributed by atoms with van der Waals surface area (Å²) in [6, 6.07) is 16.5. The van der Waals surface area contributed by atoms with Gasteiger partial charge >= 0.3 is 0 Å². The van der Waals surface area contributed by atoms with Gasteiger partial charge in [0.1, 0.15) is 15.7 Å². The number of ether oxygens (including phenoxy) is 1. The summed E-state index contributed by atoms with van der Waals surface area (Å²) >= 11 is 6.92. The van der Waals surface area contributed by atoms with Crippen molar-refractivity contribution in [2.75, 3.05) is 32.5 Å². The number of nitrogens with one attached hydrogen (secondary N) is 1. The van der Waals surface area contributed by atoms with E-state index in [0.29, 0.717) is 41.4 Å².